The van der Waals surface area contributed by atoms with Crippen molar-refractivity contribution in [2.45, 2.75) is 13.3 Å². The maximum absolute atomic E-state index is 11.6. The van der Waals surface area contributed by atoms with Crippen molar-refractivity contribution in [1.29, 1.82) is 0 Å². The lowest BCUT2D eigenvalue weighted by Crippen LogP contribution is -2.20. The van der Waals surface area contributed by atoms with E-state index >= 15 is 0 Å². The van der Waals surface area contributed by atoms with Gasteiger partial charge in [0, 0.05) is 0 Å². The number of nitrogens with zero attached hydrogens (tertiary/aromatic N) is 2. The molecule has 1 aromatic carbocycles. The van der Waals surface area contributed by atoms with Crippen molar-refractivity contribution in [3.8, 4) is 11.8 Å². The number of benzene rings is 1. The van der Waals surface area contributed by atoms with Crippen molar-refractivity contribution in [3.63, 3.8) is 0 Å². The van der Waals surface area contributed by atoms with Crippen LogP contribution in [0, 0.1) is 0 Å². The highest BCUT2D eigenvalue weighted by molar-refractivity contribution is 5.90. The Labute approximate surface area is 116 Å². The number of hydrogen-bond acceptors (Lipinski definition) is 5. The number of ether oxygens (including phenoxy) is 2. The fraction of sp³-hybridized carbons (Fsp3) is 0.308. The van der Waals surface area contributed by atoms with E-state index in [9.17, 15) is 4.79 Å². The number of amides is 1. The van der Waals surface area contributed by atoms with Gasteiger partial charge in [-0.25, -0.2) is 5.10 Å². The first-order valence-corrected chi connectivity index (χ1v) is 6.19. The van der Waals surface area contributed by atoms with Crippen molar-refractivity contribution in [2.24, 2.45) is 0 Å². The lowest BCUT2D eigenvalue weighted by atomic mass is 10.2. The summed E-state index contributed by atoms with van der Waals surface area (Å²) in [7, 11) is 1.44. The molecule has 0 bridgehead atoms. The first kappa shape index (κ1) is 13.9. The lowest BCUT2D eigenvalue weighted by molar-refractivity contribution is -0.118. The van der Waals surface area contributed by atoms with Crippen molar-refractivity contribution in [1.82, 2.24) is 15.2 Å². The number of aromatic nitrogens is 3. The number of rotatable bonds is 6. The van der Waals surface area contributed by atoms with Crippen LogP contribution in [0.3, 0.4) is 0 Å². The molecule has 7 nitrogen and oxygen atoms in total. The fourth-order valence-electron chi connectivity index (χ4n) is 1.53. The summed E-state index contributed by atoms with van der Waals surface area (Å²) in [5.41, 5.74) is 1.22. The van der Waals surface area contributed by atoms with Gasteiger partial charge in [-0.1, -0.05) is 19.1 Å². The standard InChI is InChI=1S/C13H16N4O3/c1-3-9-4-6-10(7-5-9)20-8-11(18)14-12-15-13(19-2)17-16-12/h4-7H,3,8H2,1-2H3,(H2,14,15,16,17,18). The van der Waals surface area contributed by atoms with Crippen LogP contribution in [0.15, 0.2) is 24.3 Å². The number of aromatic amines is 1. The zero-order valence-electron chi connectivity index (χ0n) is 11.3. The lowest BCUT2D eigenvalue weighted by Gasteiger charge is -2.06. The zero-order chi connectivity index (χ0) is 14.4. The summed E-state index contributed by atoms with van der Waals surface area (Å²) in [6.07, 6.45) is 0.966. The molecule has 1 heterocycles. The molecule has 1 aromatic heterocycles. The van der Waals surface area contributed by atoms with Gasteiger partial charge in [0.05, 0.1) is 7.11 Å². The Bertz CT molecular complexity index is 565. The number of carbonyl (C=O) groups is 1. The van der Waals surface area contributed by atoms with Crippen LogP contribution in [0.5, 0.6) is 11.8 Å². The van der Waals surface area contributed by atoms with E-state index in [0.717, 1.165) is 6.42 Å². The molecule has 0 saturated carbocycles. The third-order valence-corrected chi connectivity index (χ3v) is 2.61. The highest BCUT2D eigenvalue weighted by Crippen LogP contribution is 2.12. The van der Waals surface area contributed by atoms with Crippen molar-refractivity contribution in [2.75, 3.05) is 19.0 Å². The fourth-order valence-corrected chi connectivity index (χ4v) is 1.53. The Kier molecular flexibility index (Phi) is 4.54. The number of anilines is 1. The molecule has 0 saturated heterocycles. The summed E-state index contributed by atoms with van der Waals surface area (Å²) in [4.78, 5) is 15.5. The molecule has 0 radical (unpaired) electrons. The SMILES string of the molecule is CCc1ccc(OCC(=O)Nc2nc(OC)n[nH]2)cc1. The third-order valence-electron chi connectivity index (χ3n) is 2.61. The van der Waals surface area contributed by atoms with Crippen LogP contribution in [-0.4, -0.2) is 34.8 Å². The number of nitrogens with one attached hydrogen (secondary N) is 2. The van der Waals surface area contributed by atoms with Gasteiger partial charge in [0.2, 0.25) is 5.95 Å². The van der Waals surface area contributed by atoms with E-state index in [1.165, 1.54) is 12.7 Å². The molecular formula is C13H16N4O3. The molecule has 0 atom stereocenters. The molecule has 0 aliphatic carbocycles. The quantitative estimate of drug-likeness (QED) is 0.832. The average molecular weight is 276 g/mol. The molecule has 106 valence electrons. The van der Waals surface area contributed by atoms with Crippen LogP contribution in [-0.2, 0) is 11.2 Å². The van der Waals surface area contributed by atoms with Gasteiger partial charge in [-0.05, 0) is 24.1 Å². The number of aryl methyl sites for hydroxylation is 1. The molecule has 0 aliphatic heterocycles. The predicted molar refractivity (Wildman–Crippen MR) is 72.9 cm³/mol. The monoisotopic (exact) mass is 276 g/mol. The van der Waals surface area contributed by atoms with E-state index in [1.807, 2.05) is 24.3 Å². The predicted octanol–water partition coefficient (Wildman–Crippen LogP) is 1.39. The largest absolute Gasteiger partial charge is 0.484 e. The maximum atomic E-state index is 11.6. The van der Waals surface area contributed by atoms with Crippen LogP contribution < -0.4 is 14.8 Å². The van der Waals surface area contributed by atoms with Gasteiger partial charge in [-0.2, -0.15) is 4.98 Å². The third kappa shape index (κ3) is 3.71. The van der Waals surface area contributed by atoms with Gasteiger partial charge in [-0.3, -0.25) is 10.1 Å². The van der Waals surface area contributed by atoms with E-state index in [1.54, 1.807) is 0 Å². The summed E-state index contributed by atoms with van der Waals surface area (Å²) in [6.45, 7) is 1.98. The summed E-state index contributed by atoms with van der Waals surface area (Å²) in [5, 5.41) is 8.75. The summed E-state index contributed by atoms with van der Waals surface area (Å²) >= 11 is 0. The van der Waals surface area contributed by atoms with E-state index in [2.05, 4.69) is 27.4 Å². The second-order valence-electron chi connectivity index (χ2n) is 4.01. The number of H-pyrrole nitrogens is 1. The van der Waals surface area contributed by atoms with Crippen LogP contribution in [0.2, 0.25) is 0 Å². The van der Waals surface area contributed by atoms with Gasteiger partial charge in [0.1, 0.15) is 5.75 Å². The van der Waals surface area contributed by atoms with Crippen molar-refractivity contribution < 1.29 is 14.3 Å². The van der Waals surface area contributed by atoms with Gasteiger partial charge in [0.25, 0.3) is 5.91 Å². The molecule has 0 unspecified atom stereocenters. The van der Waals surface area contributed by atoms with Gasteiger partial charge in [0.15, 0.2) is 6.61 Å². The minimum absolute atomic E-state index is 0.103. The molecule has 2 aromatic rings. The second-order valence-corrected chi connectivity index (χ2v) is 4.01. The zero-order valence-corrected chi connectivity index (χ0v) is 11.3. The maximum Gasteiger partial charge on any atom is 0.336 e. The van der Waals surface area contributed by atoms with Crippen LogP contribution in [0.4, 0.5) is 5.95 Å². The minimum Gasteiger partial charge on any atom is -0.484 e. The van der Waals surface area contributed by atoms with E-state index < -0.39 is 0 Å². The van der Waals surface area contributed by atoms with Crippen molar-refractivity contribution in [3.05, 3.63) is 29.8 Å². The number of methoxy groups -OCH3 is 1. The molecule has 1 amide bonds. The molecule has 20 heavy (non-hydrogen) atoms. The molecule has 0 fully saturated rings. The van der Waals surface area contributed by atoms with Crippen LogP contribution in [0.25, 0.3) is 0 Å². The van der Waals surface area contributed by atoms with Crippen molar-refractivity contribution >= 4 is 11.9 Å². The first-order chi connectivity index (χ1) is 9.71. The summed E-state index contributed by atoms with van der Waals surface area (Å²) < 4.78 is 10.2. The number of carbonyl (C=O) groups excluding carboxylic acids is 1. The Morgan fingerprint density at radius 2 is 2.10 bits per heavy atom. The highest BCUT2D eigenvalue weighted by Gasteiger charge is 2.08. The summed E-state index contributed by atoms with van der Waals surface area (Å²) in [6, 6.07) is 7.77. The first-order valence-electron chi connectivity index (χ1n) is 6.19. The normalized spacial score (nSPS) is 10.1. The van der Waals surface area contributed by atoms with Crippen LogP contribution >= 0.6 is 0 Å². The summed E-state index contributed by atoms with van der Waals surface area (Å²) in [5.74, 6) is 0.535. The molecule has 2 rings (SSSR count). The molecule has 0 spiro atoms. The Morgan fingerprint density at radius 3 is 2.70 bits per heavy atom. The topological polar surface area (TPSA) is 89.1 Å². The van der Waals surface area contributed by atoms with Gasteiger partial charge in [-0.15, -0.1) is 5.10 Å². The van der Waals surface area contributed by atoms with Gasteiger partial charge < -0.3 is 9.47 Å². The van der Waals surface area contributed by atoms with E-state index in [4.69, 9.17) is 9.47 Å². The Morgan fingerprint density at radius 1 is 1.35 bits per heavy atom. The van der Waals surface area contributed by atoms with Gasteiger partial charge >= 0.3 is 6.01 Å². The van der Waals surface area contributed by atoms with Crippen LogP contribution in [0.1, 0.15) is 12.5 Å². The average Bonchev–Trinajstić information content (AvgIpc) is 2.93. The van der Waals surface area contributed by atoms with E-state index in [0.29, 0.717) is 5.75 Å². The number of hydrogen-bond donors (Lipinski definition) is 2. The smallest absolute Gasteiger partial charge is 0.336 e. The second kappa shape index (κ2) is 6.55. The Balaban J connectivity index is 1.82. The Hall–Kier alpha value is -2.57. The molecule has 2 N–H and O–H groups in total. The minimum atomic E-state index is -0.330. The highest BCUT2D eigenvalue weighted by atomic mass is 16.5. The van der Waals surface area contributed by atoms with E-state index in [-0.39, 0.29) is 24.5 Å². The molecular weight excluding hydrogens is 260 g/mol. The molecule has 0 aliphatic rings. The molecule has 7 heteroatoms.